The Kier molecular flexibility index (Phi) is 2.10. The maximum absolute atomic E-state index is 10.6. The molecule has 0 fully saturated rings. The summed E-state index contributed by atoms with van der Waals surface area (Å²) in [7, 11) is 0. The van der Waals surface area contributed by atoms with Gasteiger partial charge in [0.1, 0.15) is 0 Å². The molecule has 0 spiro atoms. The van der Waals surface area contributed by atoms with Crippen LogP contribution in [0.1, 0.15) is 26.2 Å². The Morgan fingerprint density at radius 3 is 3.00 bits per heavy atom. The lowest BCUT2D eigenvalue weighted by atomic mass is 9.97. The van der Waals surface area contributed by atoms with Crippen LogP contribution >= 0.6 is 0 Å². The normalized spacial score (nSPS) is 30.1. The minimum Gasteiger partial charge on any atom is -0.487 e. The molecule has 10 heavy (non-hydrogen) atoms. The van der Waals surface area contributed by atoms with Gasteiger partial charge in [-0.2, -0.15) is 0 Å². The summed E-state index contributed by atoms with van der Waals surface area (Å²) in [6.07, 6.45) is 6.97. The van der Waals surface area contributed by atoms with Crippen molar-refractivity contribution in [3.05, 3.63) is 12.3 Å². The van der Waals surface area contributed by atoms with Crippen LogP contribution in [-0.4, -0.2) is 11.9 Å². The van der Waals surface area contributed by atoms with Crippen LogP contribution in [0.4, 0.5) is 0 Å². The van der Waals surface area contributed by atoms with Crippen LogP contribution < -0.4 is 0 Å². The molecule has 0 radical (unpaired) electrons. The highest BCUT2D eigenvalue weighted by molar-refractivity contribution is 5.63. The second-order valence-corrected chi connectivity index (χ2v) is 2.63. The molecule has 0 aliphatic carbocycles. The lowest BCUT2D eigenvalue weighted by molar-refractivity contribution is -0.123. The van der Waals surface area contributed by atoms with E-state index in [0.717, 1.165) is 25.5 Å². The van der Waals surface area contributed by atoms with Gasteiger partial charge in [-0.1, -0.05) is 13.3 Å². The molecular formula is C8H12O2. The van der Waals surface area contributed by atoms with Gasteiger partial charge >= 0.3 is 0 Å². The number of rotatable bonds is 3. The summed E-state index contributed by atoms with van der Waals surface area (Å²) < 4.78 is 5.18. The van der Waals surface area contributed by atoms with E-state index in [-0.39, 0.29) is 0 Å². The first kappa shape index (κ1) is 7.32. The fraction of sp³-hybridized carbons (Fsp3) is 0.625. The van der Waals surface area contributed by atoms with Crippen LogP contribution in [0.25, 0.3) is 0 Å². The fourth-order valence-corrected chi connectivity index (χ4v) is 1.20. The van der Waals surface area contributed by atoms with Crippen LogP contribution in [0.2, 0.25) is 0 Å². The molecule has 0 N–H and O–H groups in total. The van der Waals surface area contributed by atoms with Crippen molar-refractivity contribution in [1.82, 2.24) is 0 Å². The molecule has 1 heterocycles. The number of hydrogen-bond acceptors (Lipinski definition) is 2. The van der Waals surface area contributed by atoms with Crippen LogP contribution in [-0.2, 0) is 9.53 Å². The topological polar surface area (TPSA) is 26.3 Å². The van der Waals surface area contributed by atoms with E-state index in [9.17, 15) is 4.79 Å². The van der Waals surface area contributed by atoms with E-state index in [0.29, 0.717) is 0 Å². The predicted octanol–water partition coefficient (Wildman–Crippen LogP) is 1.66. The third-order valence-electron chi connectivity index (χ3n) is 1.75. The van der Waals surface area contributed by atoms with Gasteiger partial charge in [0.05, 0.1) is 6.26 Å². The maximum atomic E-state index is 10.6. The van der Waals surface area contributed by atoms with E-state index < -0.39 is 5.60 Å². The van der Waals surface area contributed by atoms with Crippen molar-refractivity contribution in [2.45, 2.75) is 31.8 Å². The summed E-state index contributed by atoms with van der Waals surface area (Å²) in [5.74, 6) is 0. The predicted molar refractivity (Wildman–Crippen MR) is 38.5 cm³/mol. The van der Waals surface area contributed by atoms with Gasteiger partial charge in [-0.3, -0.25) is 4.79 Å². The summed E-state index contributed by atoms with van der Waals surface area (Å²) >= 11 is 0. The van der Waals surface area contributed by atoms with Crippen molar-refractivity contribution in [2.24, 2.45) is 0 Å². The van der Waals surface area contributed by atoms with Gasteiger partial charge in [0, 0.05) is 6.42 Å². The van der Waals surface area contributed by atoms with Gasteiger partial charge in [-0.25, -0.2) is 0 Å². The maximum Gasteiger partial charge on any atom is 0.166 e. The third-order valence-corrected chi connectivity index (χ3v) is 1.75. The zero-order chi connectivity index (χ0) is 7.45. The van der Waals surface area contributed by atoms with Gasteiger partial charge in [-0.15, -0.1) is 0 Å². The largest absolute Gasteiger partial charge is 0.487 e. The lowest BCUT2D eigenvalue weighted by Crippen LogP contribution is -2.28. The summed E-state index contributed by atoms with van der Waals surface area (Å²) in [4.78, 5) is 10.6. The van der Waals surface area contributed by atoms with E-state index in [4.69, 9.17) is 4.74 Å². The Balaban J connectivity index is 2.52. The molecule has 56 valence electrons. The van der Waals surface area contributed by atoms with Crippen molar-refractivity contribution in [3.8, 4) is 0 Å². The highest BCUT2D eigenvalue weighted by Gasteiger charge is 2.31. The molecule has 0 aromatic carbocycles. The van der Waals surface area contributed by atoms with E-state index >= 15 is 0 Å². The zero-order valence-corrected chi connectivity index (χ0v) is 6.17. The van der Waals surface area contributed by atoms with Crippen LogP contribution in [0.5, 0.6) is 0 Å². The average molecular weight is 140 g/mol. The summed E-state index contributed by atoms with van der Waals surface area (Å²) in [6.45, 7) is 2.05. The van der Waals surface area contributed by atoms with E-state index in [1.165, 1.54) is 0 Å². The second-order valence-electron chi connectivity index (χ2n) is 2.63. The van der Waals surface area contributed by atoms with Gasteiger partial charge in [-0.05, 0) is 12.5 Å². The van der Waals surface area contributed by atoms with Crippen molar-refractivity contribution >= 4 is 6.29 Å². The van der Waals surface area contributed by atoms with E-state index in [1.807, 2.05) is 13.0 Å². The standard InChI is InChI=1S/C8H12O2/c1-2-4-8(7-9)5-3-6-10-8/h3,6-7H,2,4-5H2,1H3. The molecule has 1 aliphatic rings. The third kappa shape index (κ3) is 1.20. The minimum atomic E-state index is -0.505. The molecule has 0 saturated heterocycles. The molecule has 0 aromatic heterocycles. The Labute approximate surface area is 60.9 Å². The first-order valence-electron chi connectivity index (χ1n) is 3.62. The molecule has 1 unspecified atom stereocenters. The second kappa shape index (κ2) is 2.86. The van der Waals surface area contributed by atoms with Crippen LogP contribution in [0.15, 0.2) is 12.3 Å². The molecular weight excluding hydrogens is 128 g/mol. The fourth-order valence-electron chi connectivity index (χ4n) is 1.20. The molecule has 2 heteroatoms. The number of hydrogen-bond donors (Lipinski definition) is 0. The first-order chi connectivity index (χ1) is 4.83. The smallest absolute Gasteiger partial charge is 0.166 e. The van der Waals surface area contributed by atoms with E-state index in [2.05, 4.69) is 0 Å². The van der Waals surface area contributed by atoms with E-state index in [1.54, 1.807) is 6.26 Å². The molecule has 0 amide bonds. The zero-order valence-electron chi connectivity index (χ0n) is 6.17. The molecule has 0 saturated carbocycles. The molecule has 1 rings (SSSR count). The summed E-state index contributed by atoms with van der Waals surface area (Å²) in [6, 6.07) is 0. The number of aldehydes is 1. The van der Waals surface area contributed by atoms with Crippen molar-refractivity contribution < 1.29 is 9.53 Å². The first-order valence-corrected chi connectivity index (χ1v) is 3.62. The molecule has 1 aliphatic heterocycles. The highest BCUT2D eigenvalue weighted by Crippen LogP contribution is 2.25. The van der Waals surface area contributed by atoms with Gasteiger partial charge in [0.25, 0.3) is 0 Å². The minimum absolute atomic E-state index is 0.505. The molecule has 0 bridgehead atoms. The average Bonchev–Trinajstić information content (AvgIpc) is 2.39. The summed E-state index contributed by atoms with van der Waals surface area (Å²) in [5.41, 5.74) is -0.505. The molecule has 0 aromatic rings. The van der Waals surface area contributed by atoms with Gasteiger partial charge in [0.2, 0.25) is 0 Å². The SMILES string of the molecule is CCCC1(C=O)CC=CO1. The quantitative estimate of drug-likeness (QED) is 0.557. The van der Waals surface area contributed by atoms with Gasteiger partial charge < -0.3 is 4.74 Å². The highest BCUT2D eigenvalue weighted by atomic mass is 16.5. The van der Waals surface area contributed by atoms with Crippen LogP contribution in [0, 0.1) is 0 Å². The van der Waals surface area contributed by atoms with Crippen molar-refractivity contribution in [2.75, 3.05) is 0 Å². The lowest BCUT2D eigenvalue weighted by Gasteiger charge is -2.20. The van der Waals surface area contributed by atoms with Gasteiger partial charge in [0.15, 0.2) is 11.9 Å². The number of carbonyl (C=O) groups is 1. The Bertz CT molecular complexity index is 141. The van der Waals surface area contributed by atoms with Crippen molar-refractivity contribution in [3.63, 3.8) is 0 Å². The summed E-state index contributed by atoms with van der Waals surface area (Å²) in [5, 5.41) is 0. The monoisotopic (exact) mass is 140 g/mol. The Morgan fingerprint density at radius 2 is 2.60 bits per heavy atom. The number of ether oxygens (including phenoxy) is 1. The Morgan fingerprint density at radius 1 is 1.80 bits per heavy atom. The molecule has 1 atom stereocenters. The molecule has 2 nitrogen and oxygen atoms in total. The number of carbonyl (C=O) groups excluding carboxylic acids is 1. The van der Waals surface area contributed by atoms with Crippen molar-refractivity contribution in [1.29, 1.82) is 0 Å². The van der Waals surface area contributed by atoms with Crippen LogP contribution in [0.3, 0.4) is 0 Å². The Hall–Kier alpha value is -0.790.